The van der Waals surface area contributed by atoms with Gasteiger partial charge in [0.05, 0.1) is 12.1 Å². The van der Waals surface area contributed by atoms with E-state index in [1.165, 1.54) is 0 Å². The minimum absolute atomic E-state index is 0.102. The summed E-state index contributed by atoms with van der Waals surface area (Å²) in [5.41, 5.74) is -0.102. The minimum Gasteiger partial charge on any atom is -0.376 e. The van der Waals surface area contributed by atoms with Crippen molar-refractivity contribution in [2.24, 2.45) is 0 Å². The quantitative estimate of drug-likeness (QED) is 0.596. The first kappa shape index (κ1) is 19.4. The Morgan fingerprint density at radius 2 is 1.60 bits per heavy atom. The monoisotopic (exact) mass is 287 g/mol. The molecule has 0 unspecified atom stereocenters. The molecule has 0 bridgehead atoms. The van der Waals surface area contributed by atoms with Crippen LogP contribution in [0.3, 0.4) is 0 Å². The average Bonchev–Trinajstić information content (AvgIpc) is 2.30. The number of nitrogens with zero attached hydrogens (tertiary/aromatic N) is 3. The molecule has 0 aliphatic carbocycles. The predicted molar refractivity (Wildman–Crippen MR) is 84.0 cm³/mol. The zero-order chi connectivity index (χ0) is 15.8. The van der Waals surface area contributed by atoms with E-state index >= 15 is 0 Å². The highest BCUT2D eigenvalue weighted by molar-refractivity contribution is 5.77. The number of hydrogen-bond acceptors (Lipinski definition) is 4. The third kappa shape index (κ3) is 11.2. The van der Waals surface area contributed by atoms with Crippen LogP contribution >= 0.6 is 0 Å². The van der Waals surface area contributed by atoms with Crippen LogP contribution in [-0.2, 0) is 9.53 Å². The van der Waals surface area contributed by atoms with E-state index in [0.717, 1.165) is 26.1 Å². The lowest BCUT2D eigenvalue weighted by atomic mass is 10.2. The van der Waals surface area contributed by atoms with Gasteiger partial charge in [0.2, 0.25) is 5.91 Å². The Bertz CT molecular complexity index is 275. The Morgan fingerprint density at radius 3 is 2.10 bits per heavy atom. The van der Waals surface area contributed by atoms with Gasteiger partial charge in [-0.2, -0.15) is 0 Å². The van der Waals surface area contributed by atoms with Gasteiger partial charge in [0.25, 0.3) is 0 Å². The summed E-state index contributed by atoms with van der Waals surface area (Å²) < 4.78 is 5.65. The highest BCUT2D eigenvalue weighted by Gasteiger charge is 2.13. The summed E-state index contributed by atoms with van der Waals surface area (Å²) in [6, 6.07) is 0. The van der Waals surface area contributed by atoms with Crippen LogP contribution in [0, 0.1) is 0 Å². The molecule has 0 saturated carbocycles. The molecule has 5 heteroatoms. The second-order valence-electron chi connectivity index (χ2n) is 6.67. The molecule has 0 N–H and O–H groups in total. The third-order valence-electron chi connectivity index (χ3n) is 2.93. The van der Waals surface area contributed by atoms with Gasteiger partial charge in [0.1, 0.15) is 0 Å². The van der Waals surface area contributed by atoms with E-state index < -0.39 is 0 Å². The van der Waals surface area contributed by atoms with Crippen LogP contribution in [0.5, 0.6) is 0 Å². The smallest absolute Gasteiger partial charge is 0.236 e. The third-order valence-corrected chi connectivity index (χ3v) is 2.93. The van der Waals surface area contributed by atoms with Crippen molar-refractivity contribution >= 4 is 5.91 Å². The van der Waals surface area contributed by atoms with Gasteiger partial charge >= 0.3 is 0 Å². The Labute approximate surface area is 124 Å². The van der Waals surface area contributed by atoms with Gasteiger partial charge in [-0.1, -0.05) is 0 Å². The zero-order valence-corrected chi connectivity index (χ0v) is 14.4. The summed E-state index contributed by atoms with van der Waals surface area (Å²) in [7, 11) is 7.92. The second kappa shape index (κ2) is 9.32. The number of carbonyl (C=O) groups is 1. The fraction of sp³-hybridized carbons (Fsp3) is 0.933. The number of carbonyl (C=O) groups excluding carboxylic acids is 1. The molecule has 0 heterocycles. The minimum atomic E-state index is -0.102. The number of ether oxygens (including phenoxy) is 1. The molecule has 1 amide bonds. The van der Waals surface area contributed by atoms with Gasteiger partial charge in [-0.05, 0) is 48.3 Å². The maximum atomic E-state index is 12.0. The number of hydrogen-bond donors (Lipinski definition) is 0. The van der Waals surface area contributed by atoms with Gasteiger partial charge in [0, 0.05) is 33.3 Å². The molecular weight excluding hydrogens is 254 g/mol. The van der Waals surface area contributed by atoms with Gasteiger partial charge < -0.3 is 14.5 Å². The first-order valence-corrected chi connectivity index (χ1v) is 7.33. The molecule has 0 aromatic rings. The predicted octanol–water partition coefficient (Wildman–Crippen LogP) is 1.14. The summed E-state index contributed by atoms with van der Waals surface area (Å²) in [6.07, 6.45) is 0.876. The van der Waals surface area contributed by atoms with Crippen molar-refractivity contribution in [1.29, 1.82) is 0 Å². The Kier molecular flexibility index (Phi) is 9.01. The summed E-state index contributed by atoms with van der Waals surface area (Å²) in [4.78, 5) is 18.0. The highest BCUT2D eigenvalue weighted by atomic mass is 16.5. The fourth-order valence-corrected chi connectivity index (χ4v) is 1.61. The Morgan fingerprint density at radius 1 is 1.00 bits per heavy atom. The zero-order valence-electron chi connectivity index (χ0n) is 14.4. The highest BCUT2D eigenvalue weighted by Crippen LogP contribution is 2.07. The van der Waals surface area contributed by atoms with E-state index in [0.29, 0.717) is 13.2 Å². The number of rotatable bonds is 9. The SMILES string of the molecule is CN(C)CCN(C)CC(=O)N(C)CCCOC(C)(C)C. The summed E-state index contributed by atoms with van der Waals surface area (Å²) in [5, 5.41) is 0. The van der Waals surface area contributed by atoms with Gasteiger partial charge in [-0.25, -0.2) is 0 Å². The lowest BCUT2D eigenvalue weighted by Gasteiger charge is -2.24. The molecular formula is C15H33N3O2. The molecule has 0 fully saturated rings. The van der Waals surface area contributed by atoms with Crippen molar-refractivity contribution in [2.45, 2.75) is 32.8 Å². The maximum absolute atomic E-state index is 12.0. The molecule has 0 aromatic carbocycles. The molecule has 0 rings (SSSR count). The molecule has 120 valence electrons. The van der Waals surface area contributed by atoms with Crippen LogP contribution in [-0.4, -0.2) is 87.2 Å². The van der Waals surface area contributed by atoms with Crippen molar-refractivity contribution in [3.05, 3.63) is 0 Å². The van der Waals surface area contributed by atoms with Crippen LogP contribution < -0.4 is 0 Å². The normalized spacial score (nSPS) is 12.2. The molecule has 5 nitrogen and oxygen atoms in total. The van der Waals surface area contributed by atoms with E-state index in [4.69, 9.17) is 4.74 Å². The molecule has 0 aromatic heterocycles. The topological polar surface area (TPSA) is 36.0 Å². The first-order valence-electron chi connectivity index (χ1n) is 7.33. The number of amides is 1. The van der Waals surface area contributed by atoms with Crippen LogP contribution in [0.15, 0.2) is 0 Å². The van der Waals surface area contributed by atoms with E-state index in [-0.39, 0.29) is 11.5 Å². The van der Waals surface area contributed by atoms with Crippen LogP contribution in [0.2, 0.25) is 0 Å². The lowest BCUT2D eigenvalue weighted by Crippen LogP contribution is -2.39. The standard InChI is InChI=1S/C15H33N3O2/c1-15(2,3)20-12-8-9-18(7)14(19)13-17(6)11-10-16(4)5/h8-13H2,1-7H3. The summed E-state index contributed by atoms with van der Waals surface area (Å²) >= 11 is 0. The molecule has 0 radical (unpaired) electrons. The van der Waals surface area contributed by atoms with E-state index in [9.17, 15) is 4.79 Å². The number of likely N-dealkylation sites (N-methyl/N-ethyl adjacent to an activating group) is 3. The maximum Gasteiger partial charge on any atom is 0.236 e. The molecule has 0 saturated heterocycles. The van der Waals surface area contributed by atoms with Crippen molar-refractivity contribution in [3.8, 4) is 0 Å². The molecule has 0 aliphatic rings. The van der Waals surface area contributed by atoms with Crippen molar-refractivity contribution in [3.63, 3.8) is 0 Å². The largest absolute Gasteiger partial charge is 0.376 e. The lowest BCUT2D eigenvalue weighted by molar-refractivity contribution is -0.131. The molecule has 0 atom stereocenters. The summed E-state index contributed by atoms with van der Waals surface area (Å²) in [6.45, 7) is 9.91. The molecule has 0 aliphatic heterocycles. The van der Waals surface area contributed by atoms with Crippen LogP contribution in [0.4, 0.5) is 0 Å². The van der Waals surface area contributed by atoms with Gasteiger partial charge in [0.15, 0.2) is 0 Å². The average molecular weight is 287 g/mol. The molecule has 0 spiro atoms. The van der Waals surface area contributed by atoms with Crippen molar-refractivity contribution in [2.75, 3.05) is 61.0 Å². The van der Waals surface area contributed by atoms with Crippen LogP contribution in [0.1, 0.15) is 27.2 Å². The van der Waals surface area contributed by atoms with Crippen LogP contribution in [0.25, 0.3) is 0 Å². The Hall–Kier alpha value is -0.650. The summed E-state index contributed by atoms with van der Waals surface area (Å²) in [5.74, 6) is 0.169. The van der Waals surface area contributed by atoms with Crippen molar-refractivity contribution in [1.82, 2.24) is 14.7 Å². The van der Waals surface area contributed by atoms with E-state index in [2.05, 4.69) is 9.80 Å². The van der Waals surface area contributed by atoms with Crippen molar-refractivity contribution < 1.29 is 9.53 Å². The molecule has 20 heavy (non-hydrogen) atoms. The fourth-order valence-electron chi connectivity index (χ4n) is 1.61. The second-order valence-corrected chi connectivity index (χ2v) is 6.67. The Balaban J connectivity index is 3.80. The van der Waals surface area contributed by atoms with Gasteiger partial charge in [-0.15, -0.1) is 0 Å². The first-order chi connectivity index (χ1) is 9.11. The van der Waals surface area contributed by atoms with E-state index in [1.807, 2.05) is 49.0 Å². The van der Waals surface area contributed by atoms with Gasteiger partial charge in [-0.3, -0.25) is 9.69 Å². The van der Waals surface area contributed by atoms with E-state index in [1.54, 1.807) is 4.90 Å².